The largest absolute Gasteiger partial charge is 0.380 e. The number of nitrogens with one attached hydrogen (secondary N) is 3. The number of carbonyl (C=O) groups excluding carboxylic acids is 2. The number of nitrogens with zero attached hydrogens (tertiary/aromatic N) is 1. The molecule has 6 nitrogen and oxygen atoms in total. The van der Waals surface area contributed by atoms with Crippen LogP contribution in [0.3, 0.4) is 0 Å². The standard InChI is InChI=1S/C20H25ClF2N4O2/c1-2-12-9-25-10-15(21)17(12)16(28)11-26-20(29)14(8-24)18(19(22)23)27-13-6-4-3-5-7-13/h8-10,13,19,24,27H,2-7,11H2,1H3,(H,26,29)/b18-14+,24-8?. The Balaban J connectivity index is 2.14. The number of rotatable bonds is 9. The van der Waals surface area contributed by atoms with Crippen LogP contribution in [0.4, 0.5) is 8.78 Å². The lowest BCUT2D eigenvalue weighted by Gasteiger charge is -2.26. The molecule has 0 spiro atoms. The number of aryl methyl sites for hydroxylation is 1. The summed E-state index contributed by atoms with van der Waals surface area (Å²) in [4.78, 5) is 28.9. The van der Waals surface area contributed by atoms with E-state index in [1.165, 1.54) is 12.4 Å². The van der Waals surface area contributed by atoms with Crippen LogP contribution in [-0.4, -0.2) is 41.9 Å². The Morgan fingerprint density at radius 1 is 1.31 bits per heavy atom. The summed E-state index contributed by atoms with van der Waals surface area (Å²) in [6, 6.07) is -0.153. The number of halogens is 3. The average Bonchev–Trinajstić information content (AvgIpc) is 2.72. The Labute approximate surface area is 173 Å². The molecule has 158 valence electrons. The Bertz CT molecular complexity index is 793. The number of hydrogen-bond acceptors (Lipinski definition) is 5. The van der Waals surface area contributed by atoms with Crippen LogP contribution in [0.5, 0.6) is 0 Å². The normalized spacial score (nSPS) is 15.6. The lowest BCUT2D eigenvalue weighted by atomic mass is 9.95. The number of amides is 1. The van der Waals surface area contributed by atoms with E-state index in [0.717, 1.165) is 32.1 Å². The van der Waals surface area contributed by atoms with E-state index in [-0.39, 0.29) is 16.6 Å². The Hall–Kier alpha value is -2.35. The molecule has 1 fully saturated rings. The molecule has 0 radical (unpaired) electrons. The van der Waals surface area contributed by atoms with Gasteiger partial charge < -0.3 is 16.0 Å². The summed E-state index contributed by atoms with van der Waals surface area (Å²) in [5.41, 5.74) is -0.172. The maximum atomic E-state index is 13.6. The summed E-state index contributed by atoms with van der Waals surface area (Å²) >= 11 is 6.06. The number of pyridine rings is 1. The molecule has 29 heavy (non-hydrogen) atoms. The molecule has 0 unspecified atom stereocenters. The molecule has 1 heterocycles. The minimum Gasteiger partial charge on any atom is -0.380 e. The zero-order chi connectivity index (χ0) is 21.4. The van der Waals surface area contributed by atoms with Crippen LogP contribution >= 0.6 is 11.6 Å². The number of hydrogen-bond donors (Lipinski definition) is 3. The molecule has 0 aliphatic heterocycles. The van der Waals surface area contributed by atoms with Crippen molar-refractivity contribution < 1.29 is 18.4 Å². The van der Waals surface area contributed by atoms with E-state index in [2.05, 4.69) is 15.6 Å². The summed E-state index contributed by atoms with van der Waals surface area (Å²) in [6.45, 7) is 1.41. The highest BCUT2D eigenvalue weighted by molar-refractivity contribution is 6.34. The summed E-state index contributed by atoms with van der Waals surface area (Å²) in [5.74, 6) is -1.36. The van der Waals surface area contributed by atoms with Gasteiger partial charge in [-0.2, -0.15) is 0 Å². The van der Waals surface area contributed by atoms with Crippen molar-refractivity contribution >= 4 is 29.5 Å². The van der Waals surface area contributed by atoms with Gasteiger partial charge in [0.25, 0.3) is 12.3 Å². The molecular weight excluding hydrogens is 402 g/mol. The highest BCUT2D eigenvalue weighted by atomic mass is 35.5. The molecule has 0 aromatic carbocycles. The van der Waals surface area contributed by atoms with Gasteiger partial charge in [-0.25, -0.2) is 8.78 Å². The first-order chi connectivity index (χ1) is 13.9. The Morgan fingerprint density at radius 2 is 2.00 bits per heavy atom. The smallest absolute Gasteiger partial charge is 0.278 e. The fourth-order valence-corrected chi connectivity index (χ4v) is 3.67. The van der Waals surface area contributed by atoms with E-state index in [9.17, 15) is 18.4 Å². The van der Waals surface area contributed by atoms with Gasteiger partial charge in [0.1, 0.15) is 0 Å². The van der Waals surface area contributed by atoms with E-state index < -0.39 is 35.9 Å². The molecule has 0 saturated heterocycles. The van der Waals surface area contributed by atoms with Crippen LogP contribution in [0, 0.1) is 5.41 Å². The number of carbonyl (C=O) groups is 2. The molecule has 1 aromatic rings. The highest BCUT2D eigenvalue weighted by Gasteiger charge is 2.25. The molecule has 1 aromatic heterocycles. The van der Waals surface area contributed by atoms with Gasteiger partial charge in [0, 0.05) is 30.2 Å². The number of allylic oxidation sites excluding steroid dienone is 1. The monoisotopic (exact) mass is 426 g/mol. The second kappa shape index (κ2) is 11.0. The van der Waals surface area contributed by atoms with Crippen molar-refractivity contribution in [3.05, 3.63) is 39.8 Å². The molecule has 1 saturated carbocycles. The van der Waals surface area contributed by atoms with Crippen molar-refractivity contribution in [1.29, 1.82) is 5.41 Å². The van der Waals surface area contributed by atoms with Gasteiger partial charge in [0.15, 0.2) is 5.78 Å². The lowest BCUT2D eigenvalue weighted by Crippen LogP contribution is -2.38. The fraction of sp³-hybridized carbons (Fsp3) is 0.500. The molecule has 2 rings (SSSR count). The number of aromatic nitrogens is 1. The van der Waals surface area contributed by atoms with Crippen molar-refractivity contribution in [1.82, 2.24) is 15.6 Å². The van der Waals surface area contributed by atoms with Crippen LogP contribution in [-0.2, 0) is 11.2 Å². The summed E-state index contributed by atoms with van der Waals surface area (Å²) in [7, 11) is 0. The lowest BCUT2D eigenvalue weighted by molar-refractivity contribution is -0.117. The molecule has 1 aliphatic carbocycles. The van der Waals surface area contributed by atoms with Crippen molar-refractivity contribution in [2.24, 2.45) is 0 Å². The quantitative estimate of drug-likeness (QED) is 0.319. The topological polar surface area (TPSA) is 94.9 Å². The van der Waals surface area contributed by atoms with Crippen molar-refractivity contribution in [3.8, 4) is 0 Å². The first kappa shape index (κ1) is 22.9. The van der Waals surface area contributed by atoms with Gasteiger partial charge in [-0.1, -0.05) is 37.8 Å². The molecule has 3 N–H and O–H groups in total. The van der Waals surface area contributed by atoms with Gasteiger partial charge in [-0.3, -0.25) is 14.6 Å². The highest BCUT2D eigenvalue weighted by Crippen LogP contribution is 2.22. The maximum Gasteiger partial charge on any atom is 0.278 e. The third-order valence-electron chi connectivity index (χ3n) is 4.91. The zero-order valence-electron chi connectivity index (χ0n) is 16.2. The molecule has 0 bridgehead atoms. The third kappa shape index (κ3) is 6.06. The van der Waals surface area contributed by atoms with E-state index in [1.54, 1.807) is 0 Å². The van der Waals surface area contributed by atoms with E-state index in [4.69, 9.17) is 17.0 Å². The van der Waals surface area contributed by atoms with Crippen molar-refractivity contribution in [3.63, 3.8) is 0 Å². The molecule has 0 atom stereocenters. The maximum absolute atomic E-state index is 13.6. The summed E-state index contributed by atoms with van der Waals surface area (Å²) < 4.78 is 27.1. The van der Waals surface area contributed by atoms with Gasteiger partial charge in [0.2, 0.25) is 0 Å². The van der Waals surface area contributed by atoms with Gasteiger partial charge in [0.05, 0.1) is 22.8 Å². The van der Waals surface area contributed by atoms with Gasteiger partial charge >= 0.3 is 0 Å². The SMILES string of the molecule is CCc1cncc(Cl)c1C(=O)CNC(=O)/C(C=N)=C(/NC1CCCCC1)C(F)F. The van der Waals surface area contributed by atoms with E-state index in [0.29, 0.717) is 18.2 Å². The average molecular weight is 427 g/mol. The summed E-state index contributed by atoms with van der Waals surface area (Å²) in [6.07, 6.45) is 5.43. The first-order valence-electron chi connectivity index (χ1n) is 9.62. The zero-order valence-corrected chi connectivity index (χ0v) is 17.0. The minimum atomic E-state index is -2.93. The Morgan fingerprint density at radius 3 is 2.59 bits per heavy atom. The van der Waals surface area contributed by atoms with Crippen molar-refractivity contribution in [2.45, 2.75) is 57.9 Å². The minimum absolute atomic E-state index is 0.153. The van der Waals surface area contributed by atoms with Crippen LogP contribution in [0.2, 0.25) is 5.02 Å². The molecular formula is C20H25ClF2N4O2. The molecule has 1 aliphatic rings. The number of alkyl halides is 2. The Kier molecular flexibility index (Phi) is 8.70. The van der Waals surface area contributed by atoms with Gasteiger partial charge in [-0.05, 0) is 24.8 Å². The molecule has 9 heteroatoms. The van der Waals surface area contributed by atoms with E-state index in [1.807, 2.05) is 6.92 Å². The molecule has 1 amide bonds. The summed E-state index contributed by atoms with van der Waals surface area (Å²) in [5, 5.41) is 12.7. The fourth-order valence-electron chi connectivity index (χ4n) is 3.39. The first-order valence-corrected chi connectivity index (χ1v) is 9.99. The van der Waals surface area contributed by atoms with Crippen LogP contribution in [0.25, 0.3) is 0 Å². The predicted molar refractivity (Wildman–Crippen MR) is 108 cm³/mol. The van der Waals surface area contributed by atoms with Gasteiger partial charge in [-0.15, -0.1) is 0 Å². The number of Topliss-reactive ketones (excluding diaryl/α,β-unsaturated/α-hetero) is 1. The number of ketones is 1. The van der Waals surface area contributed by atoms with Crippen LogP contribution in [0.15, 0.2) is 23.7 Å². The second-order valence-corrected chi connectivity index (χ2v) is 7.27. The third-order valence-corrected chi connectivity index (χ3v) is 5.20. The predicted octanol–water partition coefficient (Wildman–Crippen LogP) is 3.69. The van der Waals surface area contributed by atoms with Crippen LogP contribution < -0.4 is 10.6 Å². The second-order valence-electron chi connectivity index (χ2n) is 6.87. The van der Waals surface area contributed by atoms with Crippen LogP contribution in [0.1, 0.15) is 54.9 Å². The van der Waals surface area contributed by atoms with Crippen molar-refractivity contribution in [2.75, 3.05) is 6.54 Å². The van der Waals surface area contributed by atoms with E-state index >= 15 is 0 Å².